The number of hydrogen-bond donors (Lipinski definition) is 0. The van der Waals surface area contributed by atoms with Crippen molar-refractivity contribution in [1.29, 1.82) is 0 Å². The number of esters is 1. The van der Waals surface area contributed by atoms with E-state index >= 15 is 0 Å². The maximum atomic E-state index is 12.4. The molecule has 0 aromatic heterocycles. The molecule has 0 spiro atoms. The molecule has 0 radical (unpaired) electrons. The standard InChI is InChI=1S/C25H18I2N2O5/c1-14-5-3-4-6-18(14)13-33-23-19(26)10-16(11-20(23)27)12-21-25(30)34-24(28-21)17-7-8-22(29(31)32)15(2)9-17/h3-12H,13H2,1-2H3/b21-12-. The van der Waals surface area contributed by atoms with E-state index in [-0.39, 0.29) is 17.3 Å². The first-order valence-electron chi connectivity index (χ1n) is 10.2. The molecule has 0 bridgehead atoms. The van der Waals surface area contributed by atoms with E-state index < -0.39 is 10.9 Å². The predicted octanol–water partition coefficient (Wildman–Crippen LogP) is 6.34. The second-order valence-electron chi connectivity index (χ2n) is 7.62. The van der Waals surface area contributed by atoms with Crippen molar-refractivity contribution in [2.24, 2.45) is 4.99 Å². The Morgan fingerprint density at radius 3 is 2.41 bits per heavy atom. The Morgan fingerprint density at radius 1 is 1.06 bits per heavy atom. The number of carbonyl (C=O) groups is 1. The van der Waals surface area contributed by atoms with Crippen molar-refractivity contribution < 1.29 is 19.2 Å². The van der Waals surface area contributed by atoms with Crippen LogP contribution in [0.3, 0.4) is 0 Å². The number of nitro benzene ring substituents is 1. The molecule has 1 heterocycles. The number of cyclic esters (lactones) is 1. The van der Waals surface area contributed by atoms with Gasteiger partial charge in [-0.3, -0.25) is 10.1 Å². The summed E-state index contributed by atoms with van der Waals surface area (Å²) in [5, 5.41) is 11.0. The van der Waals surface area contributed by atoms with Gasteiger partial charge in [-0.15, -0.1) is 0 Å². The SMILES string of the molecule is Cc1ccccc1COc1c(I)cc(/C=C2\N=C(c3ccc([N+](=O)[O-])c(C)c3)OC2=O)cc1I. The highest BCUT2D eigenvalue weighted by Gasteiger charge is 2.25. The number of nitrogens with zero attached hydrogens (tertiary/aromatic N) is 2. The first-order valence-corrected chi connectivity index (χ1v) is 12.3. The predicted molar refractivity (Wildman–Crippen MR) is 146 cm³/mol. The van der Waals surface area contributed by atoms with E-state index in [2.05, 4.69) is 63.2 Å². The molecule has 172 valence electrons. The fourth-order valence-electron chi connectivity index (χ4n) is 3.41. The zero-order valence-electron chi connectivity index (χ0n) is 18.2. The molecule has 3 aromatic carbocycles. The quantitative estimate of drug-likeness (QED) is 0.0997. The summed E-state index contributed by atoms with van der Waals surface area (Å²) < 4.78 is 13.2. The number of ether oxygens (including phenoxy) is 2. The smallest absolute Gasteiger partial charge is 0.363 e. The number of nitro groups is 1. The number of rotatable bonds is 6. The number of halogens is 2. The van der Waals surface area contributed by atoms with Crippen LogP contribution in [0.25, 0.3) is 6.08 Å². The number of carbonyl (C=O) groups excluding carboxylic acids is 1. The number of benzene rings is 3. The molecule has 0 N–H and O–H groups in total. The first-order chi connectivity index (χ1) is 16.2. The van der Waals surface area contributed by atoms with Crippen LogP contribution in [0.5, 0.6) is 5.75 Å². The van der Waals surface area contributed by atoms with Crippen LogP contribution in [0.2, 0.25) is 0 Å². The lowest BCUT2D eigenvalue weighted by Gasteiger charge is -2.13. The third kappa shape index (κ3) is 5.30. The van der Waals surface area contributed by atoms with Crippen LogP contribution in [0.4, 0.5) is 5.69 Å². The van der Waals surface area contributed by atoms with Gasteiger partial charge in [-0.05, 0) is 106 Å². The summed E-state index contributed by atoms with van der Waals surface area (Å²) in [6, 6.07) is 16.4. The highest BCUT2D eigenvalue weighted by molar-refractivity contribution is 14.1. The van der Waals surface area contributed by atoms with Gasteiger partial charge in [0.1, 0.15) is 12.4 Å². The van der Waals surface area contributed by atoms with Gasteiger partial charge < -0.3 is 9.47 Å². The van der Waals surface area contributed by atoms with Crippen LogP contribution in [-0.4, -0.2) is 16.8 Å². The molecular weight excluding hydrogens is 662 g/mol. The molecule has 34 heavy (non-hydrogen) atoms. The minimum Gasteiger partial charge on any atom is -0.487 e. The summed E-state index contributed by atoms with van der Waals surface area (Å²) in [6.45, 7) is 4.15. The van der Waals surface area contributed by atoms with E-state index in [0.29, 0.717) is 17.7 Å². The molecule has 7 nitrogen and oxygen atoms in total. The molecule has 0 fully saturated rings. The maximum absolute atomic E-state index is 12.4. The van der Waals surface area contributed by atoms with Crippen LogP contribution in [-0.2, 0) is 16.1 Å². The molecule has 3 aromatic rings. The molecular formula is C25H18I2N2O5. The average molecular weight is 680 g/mol. The number of aliphatic imine (C=N–C) groups is 1. The largest absolute Gasteiger partial charge is 0.487 e. The molecule has 0 amide bonds. The van der Waals surface area contributed by atoms with Gasteiger partial charge in [-0.1, -0.05) is 24.3 Å². The maximum Gasteiger partial charge on any atom is 0.363 e. The van der Waals surface area contributed by atoms with Crippen LogP contribution in [0.15, 0.2) is 65.3 Å². The summed E-state index contributed by atoms with van der Waals surface area (Å²) in [6.07, 6.45) is 1.66. The van der Waals surface area contributed by atoms with E-state index in [1.54, 1.807) is 19.1 Å². The normalized spacial score (nSPS) is 14.2. The summed E-state index contributed by atoms with van der Waals surface area (Å²) >= 11 is 4.43. The highest BCUT2D eigenvalue weighted by Crippen LogP contribution is 2.31. The van der Waals surface area contributed by atoms with Crippen LogP contribution >= 0.6 is 45.2 Å². The molecule has 4 rings (SSSR count). The molecule has 0 aliphatic carbocycles. The summed E-state index contributed by atoms with van der Waals surface area (Å²) in [7, 11) is 0. The fourth-order valence-corrected chi connectivity index (χ4v) is 5.53. The summed E-state index contributed by atoms with van der Waals surface area (Å²) in [5.41, 5.74) is 4.20. The zero-order valence-corrected chi connectivity index (χ0v) is 22.5. The minimum absolute atomic E-state index is 0.00155. The second kappa shape index (κ2) is 10.2. The van der Waals surface area contributed by atoms with Crippen LogP contribution in [0, 0.1) is 31.1 Å². The third-order valence-corrected chi connectivity index (χ3v) is 6.82. The van der Waals surface area contributed by atoms with Crippen molar-refractivity contribution in [3.05, 3.63) is 105 Å². The topological polar surface area (TPSA) is 91.0 Å². The van der Waals surface area contributed by atoms with E-state index in [1.165, 1.54) is 17.7 Å². The molecule has 9 heteroatoms. The van der Waals surface area contributed by atoms with Crippen LogP contribution in [0.1, 0.15) is 27.8 Å². The van der Waals surface area contributed by atoms with Crippen molar-refractivity contribution in [2.45, 2.75) is 20.5 Å². The average Bonchev–Trinajstić information content (AvgIpc) is 3.14. The Hall–Kier alpha value is -2.80. The van der Waals surface area contributed by atoms with Crippen LogP contribution < -0.4 is 4.74 Å². The number of aryl methyl sites for hydroxylation is 2. The number of hydrogen-bond acceptors (Lipinski definition) is 6. The van der Waals surface area contributed by atoms with Gasteiger partial charge in [0.2, 0.25) is 5.90 Å². The lowest BCUT2D eigenvalue weighted by Crippen LogP contribution is -2.06. The van der Waals surface area contributed by atoms with Gasteiger partial charge in [0.15, 0.2) is 5.70 Å². The van der Waals surface area contributed by atoms with Crippen molar-refractivity contribution in [3.8, 4) is 5.75 Å². The Kier molecular flexibility index (Phi) is 7.31. The van der Waals surface area contributed by atoms with Gasteiger partial charge in [0, 0.05) is 17.2 Å². The van der Waals surface area contributed by atoms with Crippen molar-refractivity contribution in [3.63, 3.8) is 0 Å². The fraction of sp³-hybridized carbons (Fsp3) is 0.120. The molecule has 1 aliphatic rings. The van der Waals surface area contributed by atoms with Gasteiger partial charge in [-0.25, -0.2) is 9.79 Å². The zero-order chi connectivity index (χ0) is 24.4. The van der Waals surface area contributed by atoms with E-state index in [0.717, 1.165) is 24.0 Å². The third-order valence-electron chi connectivity index (χ3n) is 5.22. The molecule has 1 aliphatic heterocycles. The Labute approximate surface area is 223 Å². The van der Waals surface area contributed by atoms with Crippen molar-refractivity contribution in [2.75, 3.05) is 0 Å². The molecule has 0 saturated carbocycles. The van der Waals surface area contributed by atoms with Crippen molar-refractivity contribution in [1.82, 2.24) is 0 Å². The van der Waals surface area contributed by atoms with E-state index in [1.807, 2.05) is 30.3 Å². The molecule has 0 atom stereocenters. The Morgan fingerprint density at radius 2 is 1.76 bits per heavy atom. The summed E-state index contributed by atoms with van der Waals surface area (Å²) in [5.74, 6) is 0.332. The highest BCUT2D eigenvalue weighted by atomic mass is 127. The molecule has 0 saturated heterocycles. The van der Waals surface area contributed by atoms with Gasteiger partial charge in [0.25, 0.3) is 5.69 Å². The van der Waals surface area contributed by atoms with Gasteiger partial charge in [0.05, 0.1) is 12.1 Å². The lowest BCUT2D eigenvalue weighted by atomic mass is 10.1. The van der Waals surface area contributed by atoms with E-state index in [4.69, 9.17) is 9.47 Å². The van der Waals surface area contributed by atoms with E-state index in [9.17, 15) is 14.9 Å². The van der Waals surface area contributed by atoms with Gasteiger partial charge >= 0.3 is 5.97 Å². The second-order valence-corrected chi connectivity index (χ2v) is 9.95. The monoisotopic (exact) mass is 680 g/mol. The summed E-state index contributed by atoms with van der Waals surface area (Å²) in [4.78, 5) is 27.3. The molecule has 0 unspecified atom stereocenters. The van der Waals surface area contributed by atoms with Crippen molar-refractivity contribution >= 4 is 68.8 Å². The Balaban J connectivity index is 1.57. The van der Waals surface area contributed by atoms with Gasteiger partial charge in [-0.2, -0.15) is 0 Å². The lowest BCUT2D eigenvalue weighted by molar-refractivity contribution is -0.385. The first kappa shape index (κ1) is 24.3. The minimum atomic E-state index is -0.573. The Bertz CT molecular complexity index is 1360.